The molecule has 114 valence electrons. The first-order valence-electron chi connectivity index (χ1n) is 7.18. The lowest BCUT2D eigenvalue weighted by Gasteiger charge is -2.10. The van der Waals surface area contributed by atoms with Gasteiger partial charge in [-0.2, -0.15) is 5.10 Å². The van der Waals surface area contributed by atoms with Crippen LogP contribution in [-0.4, -0.2) is 33.3 Å². The van der Waals surface area contributed by atoms with E-state index in [1.54, 1.807) is 17.1 Å². The van der Waals surface area contributed by atoms with E-state index in [-0.39, 0.29) is 18.9 Å². The van der Waals surface area contributed by atoms with Gasteiger partial charge in [0.2, 0.25) is 5.91 Å². The minimum Gasteiger partial charge on any atom is -0.481 e. The van der Waals surface area contributed by atoms with E-state index in [1.165, 1.54) is 0 Å². The summed E-state index contributed by atoms with van der Waals surface area (Å²) in [6, 6.07) is 9.63. The first kappa shape index (κ1) is 14.3. The number of nitrogens with zero attached hydrogens (tertiary/aromatic N) is 2. The number of aromatic nitrogens is 2. The summed E-state index contributed by atoms with van der Waals surface area (Å²) in [6.07, 6.45) is 4.92. The van der Waals surface area contributed by atoms with E-state index in [9.17, 15) is 9.59 Å². The molecule has 6 nitrogen and oxygen atoms in total. The molecule has 1 amide bonds. The van der Waals surface area contributed by atoms with Gasteiger partial charge in [0, 0.05) is 12.7 Å². The summed E-state index contributed by atoms with van der Waals surface area (Å²) >= 11 is 0. The highest BCUT2D eigenvalue weighted by molar-refractivity contribution is 5.81. The molecule has 1 aromatic carbocycles. The molecule has 22 heavy (non-hydrogen) atoms. The molecule has 1 aliphatic rings. The smallest absolute Gasteiger partial charge is 0.311 e. The van der Waals surface area contributed by atoms with Crippen molar-refractivity contribution in [3.05, 3.63) is 48.3 Å². The zero-order valence-corrected chi connectivity index (χ0v) is 12.0. The van der Waals surface area contributed by atoms with Crippen LogP contribution >= 0.6 is 0 Å². The molecule has 0 atom stereocenters. The summed E-state index contributed by atoms with van der Waals surface area (Å²) in [5, 5.41) is 16.0. The summed E-state index contributed by atoms with van der Waals surface area (Å²) in [7, 11) is 0. The number of nitrogens with one attached hydrogen (secondary N) is 1. The number of carbonyl (C=O) groups excluding carboxylic acids is 1. The first-order valence-corrected chi connectivity index (χ1v) is 7.18. The Hall–Kier alpha value is -2.63. The zero-order chi connectivity index (χ0) is 15.6. The molecule has 1 heterocycles. The number of carbonyl (C=O) groups is 2. The second-order valence-electron chi connectivity index (χ2n) is 5.67. The van der Waals surface area contributed by atoms with Gasteiger partial charge in [-0.25, -0.2) is 4.68 Å². The van der Waals surface area contributed by atoms with Crippen LogP contribution in [0.1, 0.15) is 18.4 Å². The van der Waals surface area contributed by atoms with Crippen molar-refractivity contribution in [1.29, 1.82) is 0 Å². The first-order chi connectivity index (χ1) is 10.6. The molecular formula is C16H17N3O3. The van der Waals surface area contributed by atoms with E-state index in [0.29, 0.717) is 12.8 Å². The quantitative estimate of drug-likeness (QED) is 0.844. The Bertz CT molecular complexity index is 690. The van der Waals surface area contributed by atoms with Gasteiger partial charge in [0.05, 0.1) is 23.7 Å². The van der Waals surface area contributed by atoms with Crippen LogP contribution in [0.5, 0.6) is 0 Å². The van der Waals surface area contributed by atoms with Gasteiger partial charge in [-0.15, -0.1) is 0 Å². The highest BCUT2D eigenvalue weighted by Crippen LogP contribution is 2.45. The Labute approximate surface area is 127 Å². The highest BCUT2D eigenvalue weighted by Gasteiger charge is 2.50. The fraction of sp³-hybridized carbons (Fsp3) is 0.312. The number of amides is 1. The summed E-state index contributed by atoms with van der Waals surface area (Å²) in [5.41, 5.74) is 0.989. The van der Waals surface area contributed by atoms with E-state index in [4.69, 9.17) is 5.11 Å². The molecule has 1 aromatic heterocycles. The third-order valence-corrected chi connectivity index (χ3v) is 3.95. The summed E-state index contributed by atoms with van der Waals surface area (Å²) in [4.78, 5) is 23.0. The van der Waals surface area contributed by atoms with Gasteiger partial charge in [0.15, 0.2) is 0 Å². The van der Waals surface area contributed by atoms with Crippen molar-refractivity contribution in [3.8, 4) is 5.69 Å². The van der Waals surface area contributed by atoms with Crippen LogP contribution in [0.2, 0.25) is 0 Å². The molecule has 0 radical (unpaired) electrons. The molecule has 1 aliphatic carbocycles. The van der Waals surface area contributed by atoms with E-state index >= 15 is 0 Å². The van der Waals surface area contributed by atoms with Crippen LogP contribution < -0.4 is 5.32 Å². The monoisotopic (exact) mass is 299 g/mol. The van der Waals surface area contributed by atoms with Crippen molar-refractivity contribution in [2.24, 2.45) is 5.41 Å². The largest absolute Gasteiger partial charge is 0.481 e. The van der Waals surface area contributed by atoms with Crippen LogP contribution in [0, 0.1) is 5.41 Å². The second-order valence-corrected chi connectivity index (χ2v) is 5.67. The maximum Gasteiger partial charge on any atom is 0.311 e. The molecule has 0 unspecified atom stereocenters. The summed E-state index contributed by atoms with van der Waals surface area (Å²) < 4.78 is 1.71. The lowest BCUT2D eigenvalue weighted by atomic mass is 10.1. The SMILES string of the molecule is O=C(Cc1cnn(-c2ccccc2)c1)NCC1(C(=O)O)CC1. The molecule has 6 heteroatoms. The van der Waals surface area contributed by atoms with E-state index < -0.39 is 11.4 Å². The number of hydrogen-bond donors (Lipinski definition) is 2. The Balaban J connectivity index is 1.56. The Morgan fingerprint density at radius 1 is 1.27 bits per heavy atom. The summed E-state index contributed by atoms with van der Waals surface area (Å²) in [5.74, 6) is -1.01. The van der Waals surface area contributed by atoms with E-state index in [2.05, 4.69) is 10.4 Å². The maximum atomic E-state index is 11.9. The predicted octanol–water partition coefficient (Wildman–Crippen LogP) is 1.40. The Kier molecular flexibility index (Phi) is 3.66. The Morgan fingerprint density at radius 3 is 2.64 bits per heavy atom. The highest BCUT2D eigenvalue weighted by atomic mass is 16.4. The molecule has 2 aromatic rings. The minimum absolute atomic E-state index is 0.180. The maximum absolute atomic E-state index is 11.9. The number of rotatable bonds is 6. The van der Waals surface area contributed by atoms with Gasteiger partial charge in [0.1, 0.15) is 0 Å². The van der Waals surface area contributed by atoms with Gasteiger partial charge in [-0.05, 0) is 30.5 Å². The molecule has 0 aliphatic heterocycles. The lowest BCUT2D eigenvalue weighted by Crippen LogP contribution is -2.34. The molecule has 2 N–H and O–H groups in total. The van der Waals surface area contributed by atoms with Crippen LogP contribution in [0.4, 0.5) is 0 Å². The number of benzene rings is 1. The average molecular weight is 299 g/mol. The van der Waals surface area contributed by atoms with Crippen molar-refractivity contribution < 1.29 is 14.7 Å². The van der Waals surface area contributed by atoms with Crippen LogP contribution in [0.25, 0.3) is 5.69 Å². The fourth-order valence-electron chi connectivity index (χ4n) is 2.31. The third kappa shape index (κ3) is 3.00. The normalized spacial score (nSPS) is 15.3. The van der Waals surface area contributed by atoms with Gasteiger partial charge >= 0.3 is 5.97 Å². The molecular weight excluding hydrogens is 282 g/mol. The van der Waals surface area contributed by atoms with Gasteiger partial charge < -0.3 is 10.4 Å². The molecule has 0 saturated heterocycles. The number of aliphatic carboxylic acids is 1. The van der Waals surface area contributed by atoms with Crippen LogP contribution in [0.3, 0.4) is 0 Å². The molecule has 0 bridgehead atoms. The van der Waals surface area contributed by atoms with Crippen molar-refractivity contribution >= 4 is 11.9 Å². The molecule has 1 saturated carbocycles. The van der Waals surface area contributed by atoms with Crippen molar-refractivity contribution in [3.63, 3.8) is 0 Å². The number of para-hydroxylation sites is 1. The predicted molar refractivity (Wildman–Crippen MR) is 79.6 cm³/mol. The average Bonchev–Trinajstić information content (AvgIpc) is 3.19. The van der Waals surface area contributed by atoms with Crippen molar-refractivity contribution in [2.45, 2.75) is 19.3 Å². The molecule has 1 fully saturated rings. The third-order valence-electron chi connectivity index (χ3n) is 3.95. The van der Waals surface area contributed by atoms with Gasteiger partial charge in [-0.3, -0.25) is 9.59 Å². The standard InChI is InChI=1S/C16H17N3O3/c20-14(17-11-16(6-7-16)15(21)22)8-12-9-18-19(10-12)13-4-2-1-3-5-13/h1-5,9-10H,6-8,11H2,(H,17,20)(H,21,22). The number of carboxylic acid groups (broad SMARTS) is 1. The Morgan fingerprint density at radius 2 is 2.00 bits per heavy atom. The van der Waals surface area contributed by atoms with Gasteiger partial charge in [-0.1, -0.05) is 18.2 Å². The fourth-order valence-corrected chi connectivity index (χ4v) is 2.31. The van der Waals surface area contributed by atoms with Crippen LogP contribution in [0.15, 0.2) is 42.7 Å². The van der Waals surface area contributed by atoms with Crippen molar-refractivity contribution in [1.82, 2.24) is 15.1 Å². The number of carboxylic acids is 1. The number of hydrogen-bond acceptors (Lipinski definition) is 3. The topological polar surface area (TPSA) is 84.2 Å². The van der Waals surface area contributed by atoms with Gasteiger partial charge in [0.25, 0.3) is 0 Å². The zero-order valence-electron chi connectivity index (χ0n) is 12.0. The lowest BCUT2D eigenvalue weighted by molar-refractivity contribution is -0.143. The minimum atomic E-state index is -0.829. The van der Waals surface area contributed by atoms with Crippen molar-refractivity contribution in [2.75, 3.05) is 6.54 Å². The van der Waals surface area contributed by atoms with E-state index in [1.807, 2.05) is 30.3 Å². The van der Waals surface area contributed by atoms with Crippen LogP contribution in [-0.2, 0) is 16.0 Å². The summed E-state index contributed by atoms with van der Waals surface area (Å²) in [6.45, 7) is 0.202. The second kappa shape index (κ2) is 5.63. The molecule has 0 spiro atoms. The molecule has 3 rings (SSSR count). The van der Waals surface area contributed by atoms with E-state index in [0.717, 1.165) is 11.3 Å².